The lowest BCUT2D eigenvalue weighted by molar-refractivity contribution is 0.0636. The van der Waals surface area contributed by atoms with Gasteiger partial charge in [0.2, 0.25) is 0 Å². The van der Waals surface area contributed by atoms with Crippen molar-refractivity contribution in [3.05, 3.63) is 65.7 Å². The van der Waals surface area contributed by atoms with Crippen molar-refractivity contribution in [1.82, 2.24) is 0 Å². The van der Waals surface area contributed by atoms with Crippen molar-refractivity contribution < 1.29 is 30.6 Å². The van der Waals surface area contributed by atoms with Gasteiger partial charge in [0.1, 0.15) is 22.1 Å². The standard InChI is InChI=1S/C22H27NO7S2/c1-22(2,3)29-21(24)23-18-12-11-17(20(15-18)30-32(4,27)28)14-19(31(25)26)13-10-16-8-6-5-7-9-16/h5-13,15,19,31H,14H2,1-4H3,(H,23,24). The molecule has 0 saturated heterocycles. The zero-order chi connectivity index (χ0) is 23.9. The molecule has 0 saturated carbocycles. The smallest absolute Gasteiger partial charge is 0.412 e. The van der Waals surface area contributed by atoms with E-state index in [4.69, 9.17) is 8.92 Å². The molecule has 10 heteroatoms. The minimum atomic E-state index is -3.90. The Morgan fingerprint density at radius 2 is 1.78 bits per heavy atom. The maximum atomic E-state index is 12.0. The van der Waals surface area contributed by atoms with E-state index in [9.17, 15) is 21.6 Å². The van der Waals surface area contributed by atoms with Crippen LogP contribution in [-0.4, -0.2) is 40.0 Å². The second kappa shape index (κ2) is 10.6. The van der Waals surface area contributed by atoms with E-state index in [1.165, 1.54) is 24.3 Å². The summed E-state index contributed by atoms with van der Waals surface area (Å²) in [6.45, 7) is 5.13. The van der Waals surface area contributed by atoms with Crippen molar-refractivity contribution >= 4 is 38.7 Å². The van der Waals surface area contributed by atoms with Crippen LogP contribution in [0.3, 0.4) is 0 Å². The summed E-state index contributed by atoms with van der Waals surface area (Å²) in [7, 11) is -6.75. The lowest BCUT2D eigenvalue weighted by Crippen LogP contribution is -2.27. The number of carbonyl (C=O) groups is 1. The normalized spacial score (nSPS) is 13.2. The monoisotopic (exact) mass is 481 g/mol. The van der Waals surface area contributed by atoms with Crippen LogP contribution in [0.4, 0.5) is 10.5 Å². The van der Waals surface area contributed by atoms with Gasteiger partial charge in [0.15, 0.2) is 0 Å². The minimum absolute atomic E-state index is 0.0143. The number of amides is 1. The summed E-state index contributed by atoms with van der Waals surface area (Å²) in [5.41, 5.74) is 0.712. The van der Waals surface area contributed by atoms with Gasteiger partial charge in [0.05, 0.1) is 11.5 Å². The highest BCUT2D eigenvalue weighted by Gasteiger charge is 2.19. The average Bonchev–Trinajstić information content (AvgIpc) is 2.64. The van der Waals surface area contributed by atoms with Crippen molar-refractivity contribution in [3.8, 4) is 5.75 Å². The molecule has 1 unspecified atom stereocenters. The molecule has 0 spiro atoms. The molecule has 0 aliphatic rings. The van der Waals surface area contributed by atoms with Gasteiger partial charge in [0, 0.05) is 11.8 Å². The number of carbonyl (C=O) groups excluding carboxylic acids is 1. The molecule has 0 fully saturated rings. The largest absolute Gasteiger partial charge is 0.444 e. The van der Waals surface area contributed by atoms with Gasteiger partial charge in [0.25, 0.3) is 0 Å². The summed E-state index contributed by atoms with van der Waals surface area (Å²) in [4.78, 5) is 12.0. The third kappa shape index (κ3) is 9.11. The second-order valence-electron chi connectivity index (χ2n) is 8.06. The number of anilines is 1. The van der Waals surface area contributed by atoms with E-state index in [0.29, 0.717) is 5.56 Å². The van der Waals surface area contributed by atoms with Gasteiger partial charge in [-0.3, -0.25) is 5.32 Å². The summed E-state index contributed by atoms with van der Waals surface area (Å²) in [6.07, 6.45) is 3.37. The first kappa shape index (κ1) is 25.4. The highest BCUT2D eigenvalue weighted by atomic mass is 32.2. The summed E-state index contributed by atoms with van der Waals surface area (Å²) in [5, 5.41) is 1.61. The van der Waals surface area contributed by atoms with E-state index in [-0.39, 0.29) is 17.9 Å². The van der Waals surface area contributed by atoms with Crippen LogP contribution in [0.2, 0.25) is 0 Å². The summed E-state index contributed by atoms with van der Waals surface area (Å²) < 4.78 is 57.4. The highest BCUT2D eigenvalue weighted by Crippen LogP contribution is 2.27. The molecule has 1 amide bonds. The fourth-order valence-electron chi connectivity index (χ4n) is 2.69. The molecule has 8 nitrogen and oxygen atoms in total. The zero-order valence-electron chi connectivity index (χ0n) is 18.3. The first-order valence-electron chi connectivity index (χ1n) is 9.71. The van der Waals surface area contributed by atoms with Gasteiger partial charge >= 0.3 is 16.2 Å². The van der Waals surface area contributed by atoms with Gasteiger partial charge in [-0.05, 0) is 44.4 Å². The molecule has 1 N–H and O–H groups in total. The van der Waals surface area contributed by atoms with Crippen molar-refractivity contribution in [2.75, 3.05) is 11.6 Å². The molecular formula is C22H27NO7S2. The van der Waals surface area contributed by atoms with E-state index < -0.39 is 37.8 Å². The predicted molar refractivity (Wildman–Crippen MR) is 125 cm³/mol. The molecule has 174 valence electrons. The van der Waals surface area contributed by atoms with E-state index >= 15 is 0 Å². The summed E-state index contributed by atoms with van der Waals surface area (Å²) in [6, 6.07) is 13.5. The number of hydrogen-bond donors (Lipinski definition) is 2. The molecule has 2 aromatic rings. The van der Waals surface area contributed by atoms with Crippen LogP contribution in [0.15, 0.2) is 54.6 Å². The number of hydrogen-bond acceptors (Lipinski definition) is 7. The average molecular weight is 482 g/mol. The molecular weight excluding hydrogens is 454 g/mol. The molecule has 0 bridgehead atoms. The predicted octanol–water partition coefficient (Wildman–Crippen LogP) is 3.61. The summed E-state index contributed by atoms with van der Waals surface area (Å²) in [5.74, 6) is -0.0731. The Balaban J connectivity index is 2.31. The second-order valence-corrected chi connectivity index (χ2v) is 10.9. The molecule has 0 aromatic heterocycles. The first-order chi connectivity index (χ1) is 14.8. The van der Waals surface area contributed by atoms with Crippen molar-refractivity contribution in [2.24, 2.45) is 0 Å². The fraction of sp³-hybridized carbons (Fsp3) is 0.318. The van der Waals surface area contributed by atoms with E-state index in [1.807, 2.05) is 30.3 Å². The minimum Gasteiger partial charge on any atom is -0.444 e. The summed E-state index contributed by atoms with van der Waals surface area (Å²) >= 11 is 0. The third-order valence-corrected chi connectivity index (χ3v) is 5.34. The van der Waals surface area contributed by atoms with Crippen molar-refractivity contribution in [1.29, 1.82) is 0 Å². The Morgan fingerprint density at radius 1 is 1.12 bits per heavy atom. The van der Waals surface area contributed by atoms with E-state index in [1.54, 1.807) is 26.8 Å². The topological polar surface area (TPSA) is 116 Å². The Hall–Kier alpha value is -2.85. The molecule has 32 heavy (non-hydrogen) atoms. The number of thiol groups is 1. The molecule has 0 aliphatic heterocycles. The van der Waals surface area contributed by atoms with Crippen LogP contribution in [-0.2, 0) is 32.0 Å². The van der Waals surface area contributed by atoms with Gasteiger partial charge in [-0.15, -0.1) is 0 Å². The zero-order valence-corrected chi connectivity index (χ0v) is 20.0. The van der Waals surface area contributed by atoms with Crippen molar-refractivity contribution in [2.45, 2.75) is 38.0 Å². The molecule has 0 heterocycles. The number of rotatable bonds is 8. The maximum Gasteiger partial charge on any atom is 0.412 e. The van der Waals surface area contributed by atoms with Gasteiger partial charge in [-0.25, -0.2) is 13.2 Å². The number of nitrogens with one attached hydrogen (secondary N) is 1. The van der Waals surface area contributed by atoms with E-state index in [0.717, 1.165) is 11.8 Å². The molecule has 0 aliphatic carbocycles. The van der Waals surface area contributed by atoms with Gasteiger partial charge < -0.3 is 8.92 Å². The molecule has 2 rings (SSSR count). The molecule has 0 radical (unpaired) electrons. The SMILES string of the molecule is CC(C)(C)OC(=O)Nc1ccc(CC(C=Cc2ccccc2)[SH](=O)=O)c(OS(C)(=O)=O)c1. The molecule has 2 aromatic carbocycles. The third-order valence-electron chi connectivity index (χ3n) is 3.96. The van der Waals surface area contributed by atoms with Crippen LogP contribution in [0, 0.1) is 0 Å². The Labute approximate surface area is 190 Å². The lowest BCUT2D eigenvalue weighted by atomic mass is 10.1. The first-order valence-corrected chi connectivity index (χ1v) is 12.8. The fourth-order valence-corrected chi connectivity index (χ4v) is 3.74. The van der Waals surface area contributed by atoms with Crippen LogP contribution < -0.4 is 9.50 Å². The number of ether oxygens (including phenoxy) is 1. The van der Waals surface area contributed by atoms with Crippen LogP contribution in [0.5, 0.6) is 5.75 Å². The number of benzene rings is 2. The Kier molecular flexibility index (Phi) is 8.45. The lowest BCUT2D eigenvalue weighted by Gasteiger charge is -2.20. The Bertz CT molecular complexity index is 1140. The maximum absolute atomic E-state index is 12.0. The van der Waals surface area contributed by atoms with E-state index in [2.05, 4.69) is 5.32 Å². The van der Waals surface area contributed by atoms with Crippen LogP contribution >= 0.6 is 0 Å². The van der Waals surface area contributed by atoms with Crippen molar-refractivity contribution in [3.63, 3.8) is 0 Å². The highest BCUT2D eigenvalue weighted by molar-refractivity contribution is 7.86. The molecule has 1 atom stereocenters. The Morgan fingerprint density at radius 3 is 2.34 bits per heavy atom. The van der Waals surface area contributed by atoms with Gasteiger partial charge in [-0.1, -0.05) is 48.6 Å². The van der Waals surface area contributed by atoms with Gasteiger partial charge in [-0.2, -0.15) is 8.42 Å². The van der Waals surface area contributed by atoms with Crippen LogP contribution in [0.25, 0.3) is 6.08 Å². The quantitative estimate of drug-likeness (QED) is 0.437. The van der Waals surface area contributed by atoms with Crippen LogP contribution in [0.1, 0.15) is 31.9 Å².